The molecule has 37 heavy (non-hydrogen) atoms. The first-order valence-corrected chi connectivity index (χ1v) is 12.2. The smallest absolute Gasteiger partial charge is 0.292 e. The summed E-state index contributed by atoms with van der Waals surface area (Å²) in [6.45, 7) is 2.80. The number of benzene rings is 2. The molecule has 12 heteroatoms. The molecule has 11 nitrogen and oxygen atoms in total. The monoisotopic (exact) mass is 536 g/mol. The number of nitro benzene ring substituents is 1. The molecule has 4 rings (SSSR count). The molecule has 2 aliphatic rings. The molecule has 1 unspecified atom stereocenters. The van der Waals surface area contributed by atoms with E-state index >= 15 is 0 Å². The number of halogens is 1. The number of hydrogen-bond acceptors (Lipinski definition) is 9. The van der Waals surface area contributed by atoms with Gasteiger partial charge in [0.2, 0.25) is 5.91 Å². The van der Waals surface area contributed by atoms with E-state index in [1.807, 2.05) is 37.3 Å². The van der Waals surface area contributed by atoms with Crippen LogP contribution in [-0.4, -0.2) is 62.4 Å². The molecule has 1 amide bonds. The SMILES string of the molecule is CO[C@H]1O[C@@H]2COC(c3ccccc3)O[C@H]2[C@H](C)[C@H]1OCCCOc1cc(C(N)=O)cc([N+](=O)[O-])c1Cl. The van der Waals surface area contributed by atoms with Crippen LogP contribution in [0.3, 0.4) is 0 Å². The van der Waals surface area contributed by atoms with Gasteiger partial charge in [0, 0.05) is 36.6 Å². The molecular formula is C25H29ClN2O9. The van der Waals surface area contributed by atoms with E-state index in [1.54, 1.807) is 7.11 Å². The molecule has 2 aliphatic heterocycles. The van der Waals surface area contributed by atoms with Crippen molar-refractivity contribution < 1.29 is 38.1 Å². The van der Waals surface area contributed by atoms with Crippen molar-refractivity contribution in [3.8, 4) is 5.75 Å². The Morgan fingerprint density at radius 1 is 1.22 bits per heavy atom. The summed E-state index contributed by atoms with van der Waals surface area (Å²) in [4.78, 5) is 22.1. The number of amides is 1. The van der Waals surface area contributed by atoms with Crippen LogP contribution in [0.15, 0.2) is 42.5 Å². The average Bonchev–Trinajstić information content (AvgIpc) is 2.90. The first-order chi connectivity index (χ1) is 17.8. The lowest BCUT2D eigenvalue weighted by Crippen LogP contribution is -2.59. The zero-order chi connectivity index (χ0) is 26.5. The Kier molecular flexibility index (Phi) is 8.95. The van der Waals surface area contributed by atoms with E-state index in [-0.39, 0.29) is 47.7 Å². The van der Waals surface area contributed by atoms with Gasteiger partial charge in [0.25, 0.3) is 5.69 Å². The van der Waals surface area contributed by atoms with Crippen LogP contribution < -0.4 is 10.5 Å². The summed E-state index contributed by atoms with van der Waals surface area (Å²) in [5.41, 5.74) is 5.66. The van der Waals surface area contributed by atoms with Crippen molar-refractivity contribution in [2.24, 2.45) is 11.7 Å². The molecule has 2 heterocycles. The van der Waals surface area contributed by atoms with Crippen LogP contribution in [0, 0.1) is 16.0 Å². The van der Waals surface area contributed by atoms with E-state index in [1.165, 1.54) is 6.07 Å². The highest BCUT2D eigenvalue weighted by Crippen LogP contribution is 2.38. The zero-order valence-corrected chi connectivity index (χ0v) is 21.2. The number of nitro groups is 1. The van der Waals surface area contributed by atoms with Gasteiger partial charge in [0.05, 0.1) is 30.8 Å². The van der Waals surface area contributed by atoms with Gasteiger partial charge in [-0.3, -0.25) is 14.9 Å². The standard InChI is InChI=1S/C25H29ClN2O9/c1-14-21-19(13-35-24(37-21)15-7-4-3-5-8-15)36-25(32-2)22(14)34-10-6-9-33-18-12-16(23(27)29)11-17(20(18)26)28(30)31/h3-5,7-8,11-12,14,19,21-22,24-25H,6,9-10,13H2,1-2H3,(H2,27,29)/t14-,19+,21-,22+,24?,25-/m0/s1. The van der Waals surface area contributed by atoms with Gasteiger partial charge >= 0.3 is 0 Å². The minimum atomic E-state index is -0.826. The van der Waals surface area contributed by atoms with Gasteiger partial charge in [-0.2, -0.15) is 0 Å². The third-order valence-electron chi connectivity index (χ3n) is 6.33. The second kappa shape index (κ2) is 12.2. The fraction of sp³-hybridized carbons (Fsp3) is 0.480. The largest absolute Gasteiger partial charge is 0.492 e. The Hall–Kier alpha value is -2.80. The quantitative estimate of drug-likeness (QED) is 0.273. The molecule has 0 spiro atoms. The molecule has 6 atom stereocenters. The van der Waals surface area contributed by atoms with E-state index in [9.17, 15) is 14.9 Å². The lowest BCUT2D eigenvalue weighted by Gasteiger charge is -2.48. The third-order valence-corrected chi connectivity index (χ3v) is 6.71. The van der Waals surface area contributed by atoms with E-state index in [4.69, 9.17) is 45.8 Å². The Bertz CT molecular complexity index is 1100. The number of ether oxygens (including phenoxy) is 6. The van der Waals surface area contributed by atoms with Gasteiger partial charge in [0.15, 0.2) is 17.6 Å². The predicted octanol–water partition coefficient (Wildman–Crippen LogP) is 3.62. The van der Waals surface area contributed by atoms with Crippen LogP contribution in [0.2, 0.25) is 5.02 Å². The van der Waals surface area contributed by atoms with Crippen molar-refractivity contribution in [1.82, 2.24) is 0 Å². The Morgan fingerprint density at radius 2 is 1.97 bits per heavy atom. The summed E-state index contributed by atoms with van der Waals surface area (Å²) in [7, 11) is 1.55. The third kappa shape index (κ3) is 6.20. The van der Waals surface area contributed by atoms with E-state index in [0.717, 1.165) is 11.6 Å². The summed E-state index contributed by atoms with van der Waals surface area (Å²) in [6.07, 6.45) is -1.65. The molecule has 2 aromatic carbocycles. The minimum absolute atomic E-state index is 0.000737. The lowest BCUT2D eigenvalue weighted by atomic mass is 9.89. The van der Waals surface area contributed by atoms with Crippen molar-refractivity contribution >= 4 is 23.2 Å². The van der Waals surface area contributed by atoms with E-state index in [0.29, 0.717) is 13.0 Å². The summed E-state index contributed by atoms with van der Waals surface area (Å²) < 4.78 is 35.5. The molecule has 0 aliphatic carbocycles. The van der Waals surface area contributed by atoms with E-state index < -0.39 is 35.2 Å². The first kappa shape index (κ1) is 27.2. The number of rotatable bonds is 10. The van der Waals surface area contributed by atoms with Crippen molar-refractivity contribution in [3.63, 3.8) is 0 Å². The van der Waals surface area contributed by atoms with Gasteiger partial charge in [-0.25, -0.2) is 0 Å². The predicted molar refractivity (Wildman–Crippen MR) is 131 cm³/mol. The van der Waals surface area contributed by atoms with Crippen LogP contribution in [0.25, 0.3) is 0 Å². The highest BCUT2D eigenvalue weighted by Gasteiger charge is 2.48. The lowest BCUT2D eigenvalue weighted by molar-refractivity contribution is -0.384. The molecule has 2 N–H and O–H groups in total. The van der Waals surface area contributed by atoms with E-state index in [2.05, 4.69) is 0 Å². The number of carbonyl (C=O) groups is 1. The second-order valence-corrected chi connectivity index (χ2v) is 9.16. The summed E-state index contributed by atoms with van der Waals surface area (Å²) >= 11 is 6.09. The Balaban J connectivity index is 1.34. The molecule has 0 bridgehead atoms. The number of methoxy groups -OCH3 is 1. The van der Waals surface area contributed by atoms with Crippen LogP contribution in [0.4, 0.5) is 5.69 Å². The minimum Gasteiger partial charge on any atom is -0.492 e. The molecule has 0 aromatic heterocycles. The fourth-order valence-electron chi connectivity index (χ4n) is 4.44. The van der Waals surface area contributed by atoms with Crippen LogP contribution >= 0.6 is 11.6 Å². The summed E-state index contributed by atoms with van der Waals surface area (Å²) in [6, 6.07) is 12.0. The summed E-state index contributed by atoms with van der Waals surface area (Å²) in [5, 5.41) is 11.0. The first-order valence-electron chi connectivity index (χ1n) is 11.8. The maximum atomic E-state index is 11.5. The zero-order valence-electron chi connectivity index (χ0n) is 20.4. The number of fused-ring (bicyclic) bond motifs is 1. The van der Waals surface area contributed by atoms with Crippen molar-refractivity contribution in [2.45, 2.75) is 44.2 Å². The molecule has 200 valence electrons. The van der Waals surface area contributed by atoms with Gasteiger partial charge in [-0.15, -0.1) is 0 Å². The molecule has 0 saturated carbocycles. The van der Waals surface area contributed by atoms with Crippen LogP contribution in [-0.2, 0) is 23.7 Å². The maximum Gasteiger partial charge on any atom is 0.292 e. The van der Waals surface area contributed by atoms with Gasteiger partial charge < -0.3 is 34.2 Å². The number of nitrogens with zero attached hydrogens (tertiary/aromatic N) is 1. The van der Waals surface area contributed by atoms with Crippen molar-refractivity contribution in [1.29, 1.82) is 0 Å². The van der Waals surface area contributed by atoms with Crippen LogP contribution in [0.5, 0.6) is 5.75 Å². The molecule has 2 saturated heterocycles. The van der Waals surface area contributed by atoms with Crippen molar-refractivity contribution in [3.05, 3.63) is 68.7 Å². The normalized spacial score (nSPS) is 27.3. The molecule has 2 aromatic rings. The van der Waals surface area contributed by atoms with Crippen molar-refractivity contribution in [2.75, 3.05) is 26.9 Å². The topological polar surface area (TPSA) is 142 Å². The second-order valence-electron chi connectivity index (χ2n) is 8.78. The van der Waals surface area contributed by atoms with Gasteiger partial charge in [0.1, 0.15) is 18.0 Å². The van der Waals surface area contributed by atoms with Gasteiger partial charge in [-0.1, -0.05) is 48.9 Å². The Morgan fingerprint density at radius 3 is 2.65 bits per heavy atom. The molecular weight excluding hydrogens is 508 g/mol. The Labute approximate surface area is 218 Å². The highest BCUT2D eigenvalue weighted by molar-refractivity contribution is 6.34. The van der Waals surface area contributed by atoms with Gasteiger partial charge in [-0.05, 0) is 6.07 Å². The molecule has 2 fully saturated rings. The average molecular weight is 537 g/mol. The maximum absolute atomic E-state index is 11.5. The van der Waals surface area contributed by atoms with Crippen LogP contribution in [0.1, 0.15) is 35.6 Å². The summed E-state index contributed by atoms with van der Waals surface area (Å²) in [5.74, 6) is -0.892. The molecule has 0 radical (unpaired) electrons. The highest BCUT2D eigenvalue weighted by atomic mass is 35.5. The number of primary amides is 1. The fourth-order valence-corrected chi connectivity index (χ4v) is 4.67. The number of nitrogens with two attached hydrogens (primary N) is 1. The number of hydrogen-bond donors (Lipinski definition) is 1. The number of carbonyl (C=O) groups excluding carboxylic acids is 1.